The molecule has 0 saturated carbocycles. The zero-order chi connectivity index (χ0) is 19.0. The molecule has 4 rings (SSSR count). The number of aromatic nitrogens is 1. The van der Waals surface area contributed by atoms with Crippen LogP contribution < -0.4 is 4.90 Å². The van der Waals surface area contributed by atoms with Crippen molar-refractivity contribution in [2.75, 3.05) is 24.5 Å². The maximum atomic E-state index is 13.0. The Morgan fingerprint density at radius 1 is 1.11 bits per heavy atom. The topological polar surface area (TPSA) is 56.4 Å². The second-order valence-electron chi connectivity index (χ2n) is 7.02. The Balaban J connectivity index is 1.46. The van der Waals surface area contributed by atoms with Crippen molar-refractivity contribution in [3.05, 3.63) is 65.9 Å². The summed E-state index contributed by atoms with van der Waals surface area (Å²) in [5.41, 5.74) is 3.65. The molecular formula is C22H23N3O2. The maximum Gasteiger partial charge on any atom is 0.256 e. The molecule has 1 aliphatic heterocycles. The second kappa shape index (κ2) is 6.91. The third-order valence-corrected chi connectivity index (χ3v) is 5.33. The van der Waals surface area contributed by atoms with E-state index in [1.165, 1.54) is 0 Å². The lowest BCUT2D eigenvalue weighted by atomic mass is 9.96. The highest BCUT2D eigenvalue weighted by Gasteiger charge is 2.38. The first-order valence-corrected chi connectivity index (χ1v) is 9.32. The highest BCUT2D eigenvalue weighted by Crippen LogP contribution is 2.27. The lowest BCUT2D eigenvalue weighted by molar-refractivity contribution is -0.126. The molecule has 1 aromatic heterocycles. The first-order valence-electron chi connectivity index (χ1n) is 9.32. The van der Waals surface area contributed by atoms with E-state index in [4.69, 9.17) is 0 Å². The molecule has 2 aromatic carbocycles. The smallest absolute Gasteiger partial charge is 0.256 e. The van der Waals surface area contributed by atoms with Gasteiger partial charge in [-0.3, -0.25) is 9.59 Å². The number of hydrogen-bond acceptors (Lipinski definition) is 2. The van der Waals surface area contributed by atoms with Gasteiger partial charge in [0.1, 0.15) is 0 Å². The number of carbonyl (C=O) groups is 2. The minimum Gasteiger partial charge on any atom is -0.360 e. The Morgan fingerprint density at radius 2 is 1.81 bits per heavy atom. The molecule has 0 aliphatic carbocycles. The molecule has 1 aliphatic rings. The number of benzene rings is 2. The van der Waals surface area contributed by atoms with E-state index in [0.29, 0.717) is 25.2 Å². The number of amides is 2. The molecule has 2 heterocycles. The zero-order valence-electron chi connectivity index (χ0n) is 15.6. The third-order valence-electron chi connectivity index (χ3n) is 5.33. The van der Waals surface area contributed by atoms with Crippen LogP contribution in [0.2, 0.25) is 0 Å². The molecule has 5 nitrogen and oxygen atoms in total. The summed E-state index contributed by atoms with van der Waals surface area (Å²) in [7, 11) is 0. The molecule has 138 valence electrons. The van der Waals surface area contributed by atoms with Crippen LogP contribution in [0.1, 0.15) is 22.8 Å². The molecule has 0 spiro atoms. The third kappa shape index (κ3) is 2.99. The van der Waals surface area contributed by atoms with Gasteiger partial charge < -0.3 is 14.8 Å². The number of para-hydroxylation sites is 2. The highest BCUT2D eigenvalue weighted by molar-refractivity contribution is 6.07. The van der Waals surface area contributed by atoms with Crippen LogP contribution in [0.25, 0.3) is 10.9 Å². The second-order valence-corrected chi connectivity index (χ2v) is 7.02. The van der Waals surface area contributed by atoms with E-state index in [-0.39, 0.29) is 17.7 Å². The van der Waals surface area contributed by atoms with Gasteiger partial charge in [0.25, 0.3) is 5.91 Å². The fourth-order valence-corrected chi connectivity index (χ4v) is 3.75. The van der Waals surface area contributed by atoms with Crippen LogP contribution in [0.4, 0.5) is 5.69 Å². The number of aryl methyl sites for hydroxylation is 1. The quantitative estimate of drug-likeness (QED) is 0.772. The summed E-state index contributed by atoms with van der Waals surface area (Å²) in [6.07, 6.45) is 1.76. The van der Waals surface area contributed by atoms with E-state index in [0.717, 1.165) is 22.2 Å². The lowest BCUT2D eigenvalue weighted by Crippen LogP contribution is -2.56. The van der Waals surface area contributed by atoms with Gasteiger partial charge in [0.05, 0.1) is 11.5 Å². The average Bonchev–Trinajstić information content (AvgIpc) is 3.06. The Hall–Kier alpha value is -3.08. The van der Waals surface area contributed by atoms with Crippen LogP contribution in [0, 0.1) is 12.8 Å². The number of H-pyrrole nitrogens is 1. The van der Waals surface area contributed by atoms with Crippen LogP contribution >= 0.6 is 0 Å². The van der Waals surface area contributed by atoms with Crippen molar-refractivity contribution in [1.82, 2.24) is 9.88 Å². The summed E-state index contributed by atoms with van der Waals surface area (Å²) in [4.78, 5) is 32.5. The Morgan fingerprint density at radius 3 is 2.56 bits per heavy atom. The molecule has 27 heavy (non-hydrogen) atoms. The van der Waals surface area contributed by atoms with Gasteiger partial charge in [-0.2, -0.15) is 0 Å². The van der Waals surface area contributed by atoms with Crippen molar-refractivity contribution in [3.63, 3.8) is 0 Å². The largest absolute Gasteiger partial charge is 0.360 e. The van der Waals surface area contributed by atoms with E-state index >= 15 is 0 Å². The van der Waals surface area contributed by atoms with Crippen LogP contribution in [0.3, 0.4) is 0 Å². The van der Waals surface area contributed by atoms with Gasteiger partial charge >= 0.3 is 0 Å². The van der Waals surface area contributed by atoms with E-state index < -0.39 is 0 Å². The van der Waals surface area contributed by atoms with E-state index in [1.807, 2.05) is 67.3 Å². The summed E-state index contributed by atoms with van der Waals surface area (Å²) >= 11 is 0. The predicted octanol–water partition coefficient (Wildman–Crippen LogP) is 3.60. The van der Waals surface area contributed by atoms with Gasteiger partial charge in [0.15, 0.2) is 0 Å². The van der Waals surface area contributed by atoms with Crippen molar-refractivity contribution in [2.24, 2.45) is 5.92 Å². The predicted molar refractivity (Wildman–Crippen MR) is 107 cm³/mol. The number of carbonyl (C=O) groups excluding carboxylic acids is 2. The van der Waals surface area contributed by atoms with E-state index in [9.17, 15) is 9.59 Å². The van der Waals surface area contributed by atoms with Gasteiger partial charge in [-0.1, -0.05) is 36.4 Å². The summed E-state index contributed by atoms with van der Waals surface area (Å²) in [6, 6.07) is 15.7. The molecule has 1 saturated heterocycles. The molecule has 0 unspecified atom stereocenters. The number of likely N-dealkylation sites (tertiary alicyclic amines) is 1. The number of anilines is 1. The molecule has 2 amide bonds. The van der Waals surface area contributed by atoms with Gasteiger partial charge in [-0.25, -0.2) is 0 Å². The first kappa shape index (κ1) is 17.3. The lowest BCUT2D eigenvalue weighted by Gasteiger charge is -2.40. The number of fused-ring (bicyclic) bond motifs is 1. The Bertz CT molecular complexity index is 1000. The molecular weight excluding hydrogens is 338 g/mol. The normalized spacial score (nSPS) is 14.2. The Kier molecular flexibility index (Phi) is 4.44. The fourth-order valence-electron chi connectivity index (χ4n) is 3.75. The number of aromatic amines is 1. The summed E-state index contributed by atoms with van der Waals surface area (Å²) in [6.45, 7) is 5.56. The number of rotatable bonds is 4. The van der Waals surface area contributed by atoms with E-state index in [2.05, 4.69) is 4.98 Å². The highest BCUT2D eigenvalue weighted by atomic mass is 16.2. The number of nitrogens with zero attached hydrogens (tertiary/aromatic N) is 2. The SMILES string of the molecule is CCN(C(=O)C1CN(C(=O)c2c[nH]c3ccccc23)C1)c1ccccc1C. The van der Waals surface area contributed by atoms with Crippen LogP contribution in [-0.4, -0.2) is 41.3 Å². The summed E-state index contributed by atoms with van der Waals surface area (Å²) in [5, 5.41) is 0.923. The first-order chi connectivity index (χ1) is 13.1. The standard InChI is InChI=1S/C22H23N3O2/c1-3-25(20-11-7-4-8-15(20)2)21(26)16-13-24(14-16)22(27)18-12-23-19-10-6-5-9-17(18)19/h4-12,16,23H,3,13-14H2,1-2H3. The van der Waals surface area contributed by atoms with Gasteiger partial charge in [0.2, 0.25) is 5.91 Å². The number of hydrogen-bond donors (Lipinski definition) is 1. The van der Waals surface area contributed by atoms with Gasteiger partial charge in [0, 0.05) is 42.4 Å². The zero-order valence-corrected chi connectivity index (χ0v) is 15.6. The molecule has 3 aromatic rings. The summed E-state index contributed by atoms with van der Waals surface area (Å²) < 4.78 is 0. The van der Waals surface area contributed by atoms with Crippen molar-refractivity contribution in [3.8, 4) is 0 Å². The minimum absolute atomic E-state index is 0.0181. The van der Waals surface area contributed by atoms with Crippen molar-refractivity contribution >= 4 is 28.4 Å². The molecule has 0 atom stereocenters. The molecule has 1 fully saturated rings. The van der Waals surface area contributed by atoms with Crippen LogP contribution in [-0.2, 0) is 4.79 Å². The summed E-state index contributed by atoms with van der Waals surface area (Å²) in [5.74, 6) is -0.0658. The maximum absolute atomic E-state index is 13.0. The van der Waals surface area contributed by atoms with Crippen molar-refractivity contribution in [2.45, 2.75) is 13.8 Å². The number of nitrogens with one attached hydrogen (secondary N) is 1. The van der Waals surface area contributed by atoms with Crippen molar-refractivity contribution in [1.29, 1.82) is 0 Å². The molecule has 0 radical (unpaired) electrons. The molecule has 5 heteroatoms. The average molecular weight is 361 g/mol. The van der Waals surface area contributed by atoms with E-state index in [1.54, 1.807) is 11.1 Å². The molecule has 0 bridgehead atoms. The monoisotopic (exact) mass is 361 g/mol. The van der Waals surface area contributed by atoms with Gasteiger partial charge in [-0.05, 0) is 31.5 Å². The molecule has 1 N–H and O–H groups in total. The fraction of sp³-hybridized carbons (Fsp3) is 0.273. The van der Waals surface area contributed by atoms with Crippen LogP contribution in [0.15, 0.2) is 54.7 Å². The van der Waals surface area contributed by atoms with Gasteiger partial charge in [-0.15, -0.1) is 0 Å². The Labute approximate surface area is 158 Å². The minimum atomic E-state index is -0.140. The van der Waals surface area contributed by atoms with Crippen LogP contribution in [0.5, 0.6) is 0 Å². The van der Waals surface area contributed by atoms with Crippen molar-refractivity contribution < 1.29 is 9.59 Å².